The predicted octanol–water partition coefficient (Wildman–Crippen LogP) is -0.974. The van der Waals surface area contributed by atoms with Gasteiger partial charge in [0.1, 0.15) is 18.0 Å². The number of rotatable bonds is 6. The SMILES string of the molecule is N[C@@H](Cc1ccccc1)C(=O)O.O=CNC1C(=O)C1C(=O)O. The molecule has 118 valence electrons. The minimum atomic E-state index is -1.18. The highest BCUT2D eigenvalue weighted by molar-refractivity contribution is 6.17. The van der Waals surface area contributed by atoms with Crippen LogP contribution in [0.3, 0.4) is 0 Å². The quantitative estimate of drug-likeness (QED) is 0.390. The molecule has 1 saturated carbocycles. The van der Waals surface area contributed by atoms with Gasteiger partial charge in [-0.25, -0.2) is 0 Å². The molecule has 0 saturated heterocycles. The second-order valence-corrected chi connectivity index (χ2v) is 4.61. The molecule has 0 aromatic heterocycles. The van der Waals surface area contributed by atoms with Gasteiger partial charge in [-0.3, -0.25) is 19.2 Å². The fourth-order valence-corrected chi connectivity index (χ4v) is 1.71. The highest BCUT2D eigenvalue weighted by atomic mass is 16.4. The fourth-order valence-electron chi connectivity index (χ4n) is 1.71. The van der Waals surface area contributed by atoms with Crippen LogP contribution < -0.4 is 11.1 Å². The van der Waals surface area contributed by atoms with Crippen LogP contribution in [-0.4, -0.2) is 46.4 Å². The van der Waals surface area contributed by atoms with Crippen LogP contribution in [-0.2, 0) is 25.6 Å². The van der Waals surface area contributed by atoms with Crippen molar-refractivity contribution in [1.29, 1.82) is 0 Å². The van der Waals surface area contributed by atoms with Gasteiger partial charge in [0.15, 0.2) is 5.78 Å². The van der Waals surface area contributed by atoms with Gasteiger partial charge in [0, 0.05) is 0 Å². The zero-order valence-electron chi connectivity index (χ0n) is 11.5. The molecule has 8 nitrogen and oxygen atoms in total. The molecular formula is C14H16N2O6. The number of carbonyl (C=O) groups is 4. The van der Waals surface area contributed by atoms with Crippen LogP contribution in [0, 0.1) is 5.92 Å². The Hall–Kier alpha value is -2.74. The molecule has 2 rings (SSSR count). The van der Waals surface area contributed by atoms with E-state index in [-0.39, 0.29) is 0 Å². The Kier molecular flexibility index (Phi) is 6.21. The number of nitrogens with one attached hydrogen (secondary N) is 1. The van der Waals surface area contributed by atoms with E-state index in [1.807, 2.05) is 30.3 Å². The van der Waals surface area contributed by atoms with E-state index in [9.17, 15) is 19.2 Å². The molecule has 8 heteroatoms. The van der Waals surface area contributed by atoms with Crippen LogP contribution in [0.25, 0.3) is 0 Å². The van der Waals surface area contributed by atoms with E-state index in [0.29, 0.717) is 12.8 Å². The Labute approximate surface area is 125 Å². The minimum Gasteiger partial charge on any atom is -0.481 e. The van der Waals surface area contributed by atoms with E-state index in [0.717, 1.165) is 5.56 Å². The summed E-state index contributed by atoms with van der Waals surface area (Å²) in [5.41, 5.74) is 6.30. The molecule has 1 fully saturated rings. The van der Waals surface area contributed by atoms with Crippen molar-refractivity contribution in [3.8, 4) is 0 Å². The molecule has 0 heterocycles. The van der Waals surface area contributed by atoms with Gasteiger partial charge in [-0.05, 0) is 12.0 Å². The number of benzene rings is 1. The van der Waals surface area contributed by atoms with Crippen molar-refractivity contribution >= 4 is 24.1 Å². The Morgan fingerprint density at radius 2 is 1.86 bits per heavy atom. The van der Waals surface area contributed by atoms with Gasteiger partial charge in [-0.2, -0.15) is 0 Å². The molecule has 2 unspecified atom stereocenters. The molecular weight excluding hydrogens is 292 g/mol. The Morgan fingerprint density at radius 1 is 1.27 bits per heavy atom. The molecule has 22 heavy (non-hydrogen) atoms. The van der Waals surface area contributed by atoms with Gasteiger partial charge in [-0.1, -0.05) is 30.3 Å². The first-order chi connectivity index (χ1) is 10.4. The fraction of sp³-hybridized carbons (Fsp3) is 0.286. The molecule has 3 atom stereocenters. The standard InChI is InChI=1S/C9H11NO2.C5H5NO4/c10-8(9(11)12)6-7-4-2-1-3-5-7;7-1-6-3-2(4(3)8)5(9)10/h1-5,8H,6,10H2,(H,11,12);1-3H,(H,6,7)(H,9,10)/t8-;/m0./s1. The summed E-state index contributed by atoms with van der Waals surface area (Å²) < 4.78 is 0. The third kappa shape index (κ3) is 4.98. The Balaban J connectivity index is 0.000000224. The summed E-state index contributed by atoms with van der Waals surface area (Å²) in [5, 5.41) is 18.9. The Bertz CT molecular complexity index is 560. The smallest absolute Gasteiger partial charge is 0.320 e. The average molecular weight is 308 g/mol. The number of carboxylic acids is 2. The summed E-state index contributed by atoms with van der Waals surface area (Å²) in [4.78, 5) is 40.6. The van der Waals surface area contributed by atoms with Gasteiger partial charge in [-0.15, -0.1) is 0 Å². The number of ketones is 1. The number of hydrogen-bond acceptors (Lipinski definition) is 5. The maximum absolute atomic E-state index is 10.4. The zero-order chi connectivity index (χ0) is 16.7. The van der Waals surface area contributed by atoms with Gasteiger partial charge in [0.05, 0.1) is 0 Å². The summed E-state index contributed by atoms with van der Waals surface area (Å²) in [6.45, 7) is 0. The Morgan fingerprint density at radius 3 is 2.27 bits per heavy atom. The highest BCUT2D eigenvalue weighted by Crippen LogP contribution is 2.24. The van der Waals surface area contributed by atoms with Crippen molar-refractivity contribution in [1.82, 2.24) is 5.32 Å². The normalized spacial score (nSPS) is 20.1. The van der Waals surface area contributed by atoms with Gasteiger partial charge < -0.3 is 21.3 Å². The maximum atomic E-state index is 10.4. The van der Waals surface area contributed by atoms with Gasteiger partial charge in [0.2, 0.25) is 6.41 Å². The molecule has 1 aromatic rings. The van der Waals surface area contributed by atoms with Crippen molar-refractivity contribution in [3.63, 3.8) is 0 Å². The number of carbonyl (C=O) groups excluding carboxylic acids is 2. The second kappa shape index (κ2) is 7.89. The van der Waals surface area contributed by atoms with Crippen molar-refractivity contribution in [2.45, 2.75) is 18.5 Å². The topological polar surface area (TPSA) is 147 Å². The molecule has 0 aliphatic heterocycles. The largest absolute Gasteiger partial charge is 0.481 e. The monoisotopic (exact) mass is 308 g/mol. The lowest BCUT2D eigenvalue weighted by Crippen LogP contribution is -2.32. The highest BCUT2D eigenvalue weighted by Gasteiger charge is 2.54. The summed E-state index contributed by atoms with van der Waals surface area (Å²) >= 11 is 0. The average Bonchev–Trinajstić information content (AvgIpc) is 3.11. The van der Waals surface area contributed by atoms with Crippen LogP contribution in [0.2, 0.25) is 0 Å². The first kappa shape index (κ1) is 17.3. The molecule has 1 aliphatic rings. The third-order valence-corrected chi connectivity index (χ3v) is 2.97. The lowest BCUT2D eigenvalue weighted by molar-refractivity contribution is -0.140. The van der Waals surface area contributed by atoms with Crippen molar-refractivity contribution < 1.29 is 29.4 Å². The van der Waals surface area contributed by atoms with E-state index < -0.39 is 35.7 Å². The lowest BCUT2D eigenvalue weighted by atomic mass is 10.1. The summed E-state index contributed by atoms with van der Waals surface area (Å²) in [6, 6.07) is 7.76. The number of nitrogens with two attached hydrogens (primary N) is 1. The second-order valence-electron chi connectivity index (χ2n) is 4.61. The van der Waals surface area contributed by atoms with Crippen molar-refractivity contribution in [3.05, 3.63) is 35.9 Å². The van der Waals surface area contributed by atoms with Crippen LogP contribution >= 0.6 is 0 Å². The van der Waals surface area contributed by atoms with Crippen molar-refractivity contribution in [2.24, 2.45) is 11.7 Å². The summed E-state index contributed by atoms with van der Waals surface area (Å²) in [7, 11) is 0. The number of carboxylic acid groups (broad SMARTS) is 2. The lowest BCUT2D eigenvalue weighted by Gasteiger charge is -2.04. The number of amides is 1. The maximum Gasteiger partial charge on any atom is 0.320 e. The molecule has 1 aliphatic carbocycles. The molecule has 5 N–H and O–H groups in total. The van der Waals surface area contributed by atoms with E-state index in [2.05, 4.69) is 5.32 Å². The van der Waals surface area contributed by atoms with Crippen LogP contribution in [0.15, 0.2) is 30.3 Å². The number of hydrogen-bond donors (Lipinski definition) is 4. The zero-order valence-corrected chi connectivity index (χ0v) is 11.5. The van der Waals surface area contributed by atoms with E-state index in [4.69, 9.17) is 15.9 Å². The number of Topliss-reactive ketones (excluding diaryl/α,β-unsaturated/α-hetero) is 1. The van der Waals surface area contributed by atoms with E-state index in [1.54, 1.807) is 0 Å². The molecule has 1 aromatic carbocycles. The predicted molar refractivity (Wildman–Crippen MR) is 74.9 cm³/mol. The molecule has 0 radical (unpaired) electrons. The summed E-state index contributed by atoms with van der Waals surface area (Å²) in [6.07, 6.45) is 0.710. The van der Waals surface area contributed by atoms with Gasteiger partial charge >= 0.3 is 11.9 Å². The molecule has 1 amide bonds. The van der Waals surface area contributed by atoms with E-state index >= 15 is 0 Å². The third-order valence-electron chi connectivity index (χ3n) is 2.97. The van der Waals surface area contributed by atoms with Crippen molar-refractivity contribution in [2.75, 3.05) is 0 Å². The van der Waals surface area contributed by atoms with Crippen LogP contribution in [0.1, 0.15) is 5.56 Å². The first-order valence-electron chi connectivity index (χ1n) is 6.37. The van der Waals surface area contributed by atoms with Crippen LogP contribution in [0.4, 0.5) is 0 Å². The minimum absolute atomic E-state index is 0.325. The molecule has 0 spiro atoms. The molecule has 0 bridgehead atoms. The van der Waals surface area contributed by atoms with Gasteiger partial charge in [0.25, 0.3) is 0 Å². The van der Waals surface area contributed by atoms with Crippen LogP contribution in [0.5, 0.6) is 0 Å². The first-order valence-corrected chi connectivity index (χ1v) is 6.37. The van der Waals surface area contributed by atoms with E-state index in [1.165, 1.54) is 0 Å². The number of aliphatic carboxylic acids is 2. The summed E-state index contributed by atoms with van der Waals surface area (Å²) in [5.74, 6) is -3.58.